The van der Waals surface area contributed by atoms with Crippen molar-refractivity contribution < 1.29 is 13.2 Å². The van der Waals surface area contributed by atoms with E-state index >= 15 is 0 Å². The Hall–Kier alpha value is -1.21. The van der Waals surface area contributed by atoms with Crippen LogP contribution in [0.2, 0.25) is 0 Å². The molecule has 1 aromatic rings. The van der Waals surface area contributed by atoms with Crippen molar-refractivity contribution in [1.29, 1.82) is 5.26 Å². The normalized spacial score (nSPS) is 19.3. The first kappa shape index (κ1) is 11.3. The number of alkyl halides is 4. The van der Waals surface area contributed by atoms with Gasteiger partial charge in [-0.15, -0.1) is 11.6 Å². The molecule has 1 aliphatic carbocycles. The van der Waals surface area contributed by atoms with Crippen molar-refractivity contribution in [1.82, 2.24) is 0 Å². The van der Waals surface area contributed by atoms with Crippen LogP contribution in [0, 0.1) is 11.3 Å². The molecule has 0 amide bonds. The van der Waals surface area contributed by atoms with Crippen LogP contribution in [0.3, 0.4) is 0 Å². The third-order valence-corrected chi connectivity index (χ3v) is 3.12. The van der Waals surface area contributed by atoms with Crippen LogP contribution in [0.15, 0.2) is 12.1 Å². The molecule has 0 heterocycles. The molecule has 1 atom stereocenters. The average Bonchev–Trinajstić information content (AvgIpc) is 2.58. The van der Waals surface area contributed by atoms with Gasteiger partial charge in [0.25, 0.3) is 0 Å². The molecule has 1 aromatic carbocycles. The van der Waals surface area contributed by atoms with Crippen LogP contribution in [0.5, 0.6) is 0 Å². The van der Waals surface area contributed by atoms with Crippen molar-refractivity contribution in [3.8, 4) is 6.07 Å². The zero-order chi connectivity index (χ0) is 11.9. The second kappa shape index (κ2) is 3.67. The first-order chi connectivity index (χ1) is 7.43. The summed E-state index contributed by atoms with van der Waals surface area (Å²) in [6, 6.07) is 4.11. The molecule has 0 saturated heterocycles. The smallest absolute Gasteiger partial charge is 0.192 e. The van der Waals surface area contributed by atoms with Gasteiger partial charge in [-0.05, 0) is 36.1 Å². The van der Waals surface area contributed by atoms with Crippen LogP contribution >= 0.6 is 11.6 Å². The molecule has 0 aliphatic heterocycles. The Bertz CT molecular complexity index is 473. The van der Waals surface area contributed by atoms with E-state index in [1.165, 1.54) is 6.07 Å². The fourth-order valence-electron chi connectivity index (χ4n) is 2.02. The van der Waals surface area contributed by atoms with E-state index in [-0.39, 0.29) is 11.1 Å². The van der Waals surface area contributed by atoms with Crippen molar-refractivity contribution in [2.24, 2.45) is 0 Å². The maximum Gasteiger partial charge on any atom is 0.416 e. The third kappa shape index (κ3) is 1.76. The highest BCUT2D eigenvalue weighted by molar-refractivity contribution is 6.21. The molecule has 0 spiro atoms. The van der Waals surface area contributed by atoms with Gasteiger partial charge in [0, 0.05) is 0 Å². The van der Waals surface area contributed by atoms with E-state index in [0.29, 0.717) is 18.4 Å². The molecule has 0 radical (unpaired) electrons. The molecule has 1 unspecified atom stereocenters. The molecule has 0 saturated carbocycles. The largest absolute Gasteiger partial charge is 0.416 e. The minimum atomic E-state index is -4.45. The van der Waals surface area contributed by atoms with E-state index in [1.54, 1.807) is 6.07 Å². The number of rotatable bonds is 0. The summed E-state index contributed by atoms with van der Waals surface area (Å²) < 4.78 is 38.3. The van der Waals surface area contributed by atoms with Gasteiger partial charge in [-0.3, -0.25) is 0 Å². The van der Waals surface area contributed by atoms with Crippen molar-refractivity contribution in [3.63, 3.8) is 0 Å². The lowest BCUT2D eigenvalue weighted by Crippen LogP contribution is -2.10. The summed E-state index contributed by atoms with van der Waals surface area (Å²) >= 11 is 5.87. The molecular formula is C11H7ClF3N. The van der Waals surface area contributed by atoms with Gasteiger partial charge >= 0.3 is 6.18 Å². The number of fused-ring (bicyclic) bond motifs is 1. The van der Waals surface area contributed by atoms with Crippen LogP contribution in [-0.2, 0) is 12.6 Å². The van der Waals surface area contributed by atoms with Crippen molar-refractivity contribution >= 4 is 11.6 Å². The quantitative estimate of drug-likeness (QED) is 0.638. The van der Waals surface area contributed by atoms with Gasteiger partial charge in [0.05, 0.1) is 22.6 Å². The minimum Gasteiger partial charge on any atom is -0.192 e. The summed E-state index contributed by atoms with van der Waals surface area (Å²) in [4.78, 5) is 0. The van der Waals surface area contributed by atoms with Crippen LogP contribution in [0.1, 0.15) is 34.1 Å². The number of aryl methyl sites for hydroxylation is 1. The summed E-state index contributed by atoms with van der Waals surface area (Å²) in [7, 11) is 0. The molecule has 0 fully saturated rings. The van der Waals surface area contributed by atoms with E-state index in [4.69, 9.17) is 16.9 Å². The predicted molar refractivity (Wildman–Crippen MR) is 53.1 cm³/mol. The summed E-state index contributed by atoms with van der Waals surface area (Å²) in [6.45, 7) is 0. The predicted octanol–water partition coefficient (Wildman–Crippen LogP) is 3.80. The minimum absolute atomic E-state index is 0.0387. The Morgan fingerprint density at radius 1 is 1.38 bits per heavy atom. The summed E-state index contributed by atoms with van der Waals surface area (Å²) in [6.07, 6.45) is -3.45. The fourth-order valence-corrected chi connectivity index (χ4v) is 2.38. The molecule has 84 valence electrons. The maximum atomic E-state index is 12.8. The van der Waals surface area contributed by atoms with Gasteiger partial charge in [-0.1, -0.05) is 0 Å². The van der Waals surface area contributed by atoms with E-state index < -0.39 is 17.1 Å². The van der Waals surface area contributed by atoms with Crippen LogP contribution in [0.4, 0.5) is 13.2 Å². The number of benzene rings is 1. The Morgan fingerprint density at radius 3 is 2.62 bits per heavy atom. The first-order valence-electron chi connectivity index (χ1n) is 4.71. The van der Waals surface area contributed by atoms with Crippen molar-refractivity contribution in [2.75, 3.05) is 0 Å². The zero-order valence-electron chi connectivity index (χ0n) is 8.11. The summed E-state index contributed by atoms with van der Waals surface area (Å²) in [5.41, 5.74) is -0.0320. The number of hydrogen-bond donors (Lipinski definition) is 0. The Labute approximate surface area is 95.4 Å². The van der Waals surface area contributed by atoms with Gasteiger partial charge < -0.3 is 0 Å². The lowest BCUT2D eigenvalue weighted by Gasteiger charge is -2.14. The number of nitrogens with zero attached hydrogens (tertiary/aromatic N) is 1. The van der Waals surface area contributed by atoms with Crippen molar-refractivity contribution in [3.05, 3.63) is 34.4 Å². The molecular weight excluding hydrogens is 239 g/mol. The van der Waals surface area contributed by atoms with E-state index in [2.05, 4.69) is 0 Å². The molecule has 5 heteroatoms. The SMILES string of the molecule is N#Cc1cc2c(c(C(F)(F)F)c1)C(Cl)CC2. The molecule has 0 aromatic heterocycles. The zero-order valence-corrected chi connectivity index (χ0v) is 8.86. The Kier molecular flexibility index (Phi) is 2.59. The van der Waals surface area contributed by atoms with Crippen LogP contribution in [0.25, 0.3) is 0 Å². The molecule has 2 rings (SSSR count). The summed E-state index contributed by atoms with van der Waals surface area (Å²) in [5.74, 6) is 0. The Morgan fingerprint density at radius 2 is 2.06 bits per heavy atom. The lowest BCUT2D eigenvalue weighted by molar-refractivity contribution is -0.138. The fraction of sp³-hybridized carbons (Fsp3) is 0.364. The highest BCUT2D eigenvalue weighted by atomic mass is 35.5. The van der Waals surface area contributed by atoms with Crippen molar-refractivity contribution in [2.45, 2.75) is 24.4 Å². The van der Waals surface area contributed by atoms with E-state index in [0.717, 1.165) is 6.07 Å². The summed E-state index contributed by atoms with van der Waals surface area (Å²) in [5, 5.41) is 8.08. The first-order valence-corrected chi connectivity index (χ1v) is 5.15. The van der Waals surface area contributed by atoms with E-state index in [1.807, 2.05) is 0 Å². The topological polar surface area (TPSA) is 23.8 Å². The lowest BCUT2D eigenvalue weighted by atomic mass is 9.99. The molecule has 0 bridgehead atoms. The van der Waals surface area contributed by atoms with Gasteiger partial charge in [0.15, 0.2) is 0 Å². The van der Waals surface area contributed by atoms with Crippen LogP contribution < -0.4 is 0 Å². The second-order valence-corrected chi connectivity index (χ2v) is 4.24. The number of hydrogen-bond acceptors (Lipinski definition) is 1. The highest BCUT2D eigenvalue weighted by Crippen LogP contribution is 2.44. The highest BCUT2D eigenvalue weighted by Gasteiger charge is 2.38. The van der Waals surface area contributed by atoms with Crippen LogP contribution in [-0.4, -0.2) is 0 Å². The molecule has 1 aliphatic rings. The number of halogens is 4. The maximum absolute atomic E-state index is 12.8. The number of nitriles is 1. The van der Waals surface area contributed by atoms with E-state index in [9.17, 15) is 13.2 Å². The Balaban J connectivity index is 2.68. The van der Waals surface area contributed by atoms with Gasteiger partial charge in [0.1, 0.15) is 0 Å². The van der Waals surface area contributed by atoms with Gasteiger partial charge in [-0.2, -0.15) is 18.4 Å². The second-order valence-electron chi connectivity index (χ2n) is 3.71. The molecule has 0 N–H and O–H groups in total. The third-order valence-electron chi connectivity index (χ3n) is 2.68. The monoisotopic (exact) mass is 245 g/mol. The standard InChI is InChI=1S/C11H7ClF3N/c12-9-2-1-7-3-6(5-16)4-8(10(7)9)11(13,14)15/h3-4,9H,1-2H2. The average molecular weight is 246 g/mol. The van der Waals surface area contributed by atoms with Gasteiger partial charge in [-0.25, -0.2) is 0 Å². The molecule has 1 nitrogen and oxygen atoms in total. The molecule has 16 heavy (non-hydrogen) atoms. The van der Waals surface area contributed by atoms with Gasteiger partial charge in [0.2, 0.25) is 0 Å².